The van der Waals surface area contributed by atoms with E-state index >= 15 is 0 Å². The highest BCUT2D eigenvalue weighted by Crippen LogP contribution is 2.08. The second-order valence-electron chi connectivity index (χ2n) is 1.32. The summed E-state index contributed by atoms with van der Waals surface area (Å²) in [4.78, 5) is 19.8. The van der Waals surface area contributed by atoms with Gasteiger partial charge in [0.1, 0.15) is 0 Å². The first kappa shape index (κ1) is 4.87. The molecule has 4 heteroatoms. The Balaban J connectivity index is 2.88. The molecule has 0 unspecified atom stereocenters. The van der Waals surface area contributed by atoms with Crippen LogP contribution in [0, 0.1) is 0 Å². The Bertz CT molecular complexity index is 200. The van der Waals surface area contributed by atoms with Gasteiger partial charge in [-0.1, -0.05) is 0 Å². The first-order valence-corrected chi connectivity index (χ1v) is 2.01. The number of carbonyl (C=O) groups is 1. The minimum absolute atomic E-state index is 0.0174. The van der Waals surface area contributed by atoms with Crippen LogP contribution in [0.2, 0.25) is 0 Å². The quantitative estimate of drug-likeness (QED) is 0.415. The van der Waals surface area contributed by atoms with Crippen LogP contribution in [0.25, 0.3) is 0 Å². The van der Waals surface area contributed by atoms with Gasteiger partial charge in [-0.15, -0.1) is 10.2 Å². The molecule has 0 aliphatic carbocycles. The van der Waals surface area contributed by atoms with E-state index in [-0.39, 0.29) is 18.0 Å². The monoisotopic (exact) mass is 110 g/mol. The highest BCUT2D eigenvalue weighted by atomic mass is 16.2. The lowest BCUT2D eigenvalue weighted by molar-refractivity contribution is -0.116. The van der Waals surface area contributed by atoms with E-state index in [2.05, 4.69) is 10.2 Å². The molecular weight excluding hydrogens is 108 g/mol. The summed E-state index contributed by atoms with van der Waals surface area (Å²) >= 11 is 0. The van der Waals surface area contributed by atoms with Crippen molar-refractivity contribution in [3.8, 4) is 0 Å². The van der Waals surface area contributed by atoms with Crippen LogP contribution in [0.3, 0.4) is 0 Å². The van der Waals surface area contributed by atoms with Gasteiger partial charge in [-0.3, -0.25) is 4.79 Å². The van der Waals surface area contributed by atoms with Crippen molar-refractivity contribution in [3.05, 3.63) is 5.70 Å². The Morgan fingerprint density at radius 2 is 2.25 bits per heavy atom. The fourth-order valence-electron chi connectivity index (χ4n) is 0.387. The van der Waals surface area contributed by atoms with Crippen LogP contribution in [0.4, 0.5) is 0 Å². The van der Waals surface area contributed by atoms with Crippen LogP contribution in [-0.2, 0) is 9.59 Å². The first-order chi connectivity index (χ1) is 3.83. The molecule has 0 N–H and O–H groups in total. The third-order valence-electron chi connectivity index (χ3n) is 0.719. The number of hydrogen-bond acceptors (Lipinski definition) is 3. The molecule has 0 aromatic heterocycles. The summed E-state index contributed by atoms with van der Waals surface area (Å²) in [5.41, 5.74) is 0.0926. The molecule has 1 aliphatic rings. The minimum atomic E-state index is -0.372. The lowest BCUT2D eigenvalue weighted by Crippen LogP contribution is -1.83. The minimum Gasteiger partial charge on any atom is -0.270 e. The Morgan fingerprint density at radius 1 is 1.50 bits per heavy atom. The molecule has 0 bridgehead atoms. The Hall–Kier alpha value is -1.28. The summed E-state index contributed by atoms with van der Waals surface area (Å²) in [5.74, 6) is 1.11. The van der Waals surface area contributed by atoms with Gasteiger partial charge >= 0.3 is 0 Å². The van der Waals surface area contributed by atoms with E-state index in [0.717, 1.165) is 0 Å². The molecule has 0 aromatic rings. The molecule has 0 aromatic carbocycles. The summed E-state index contributed by atoms with van der Waals surface area (Å²) in [5, 5.41) is 6.28. The second kappa shape index (κ2) is 1.68. The van der Waals surface area contributed by atoms with Gasteiger partial charge in [0.15, 0.2) is 11.6 Å². The smallest absolute Gasteiger partial charge is 0.270 e. The van der Waals surface area contributed by atoms with E-state index in [9.17, 15) is 9.59 Å². The van der Waals surface area contributed by atoms with E-state index in [0.29, 0.717) is 0 Å². The Labute approximate surface area is 44.9 Å². The molecule has 1 heterocycles. The molecule has 1 amide bonds. The number of azo groups is 1. The van der Waals surface area contributed by atoms with E-state index in [1.165, 1.54) is 5.94 Å². The van der Waals surface area contributed by atoms with Crippen LogP contribution < -0.4 is 0 Å². The summed E-state index contributed by atoms with van der Waals surface area (Å²) < 4.78 is 0. The number of amides is 1. The van der Waals surface area contributed by atoms with Gasteiger partial charge < -0.3 is 0 Å². The van der Waals surface area contributed by atoms with Crippen LogP contribution >= 0.6 is 0 Å². The van der Waals surface area contributed by atoms with E-state index < -0.39 is 0 Å². The van der Waals surface area contributed by atoms with Gasteiger partial charge in [0.05, 0.1) is 6.42 Å². The zero-order chi connectivity index (χ0) is 5.98. The van der Waals surface area contributed by atoms with Crippen LogP contribution in [0.1, 0.15) is 6.42 Å². The molecule has 0 atom stereocenters. The first-order valence-electron chi connectivity index (χ1n) is 2.01. The van der Waals surface area contributed by atoms with Gasteiger partial charge in [0.25, 0.3) is 5.91 Å². The van der Waals surface area contributed by atoms with Crippen molar-refractivity contribution < 1.29 is 9.59 Å². The van der Waals surface area contributed by atoms with Crippen molar-refractivity contribution in [3.63, 3.8) is 0 Å². The fraction of sp³-hybridized carbons (Fsp3) is 0.250. The van der Waals surface area contributed by atoms with E-state index in [4.69, 9.17) is 0 Å². The zero-order valence-electron chi connectivity index (χ0n) is 3.92. The lowest BCUT2D eigenvalue weighted by Gasteiger charge is -1.70. The Morgan fingerprint density at radius 3 is 2.50 bits per heavy atom. The standard InChI is InChI=1S/C4H2N2O2/c7-2-3-1-4(8)6-5-3/h1H2. The van der Waals surface area contributed by atoms with Crippen molar-refractivity contribution in [1.82, 2.24) is 0 Å². The average molecular weight is 110 g/mol. The van der Waals surface area contributed by atoms with Crippen molar-refractivity contribution in [1.29, 1.82) is 0 Å². The predicted octanol–water partition coefficient (Wildman–Crippen LogP) is 0.0844. The van der Waals surface area contributed by atoms with Gasteiger partial charge in [0, 0.05) is 0 Å². The highest BCUT2D eigenvalue weighted by Gasteiger charge is 2.11. The second-order valence-corrected chi connectivity index (χ2v) is 1.32. The number of nitrogens with zero attached hydrogens (tertiary/aromatic N) is 2. The van der Waals surface area contributed by atoms with Crippen LogP contribution in [0.15, 0.2) is 15.9 Å². The zero-order valence-corrected chi connectivity index (χ0v) is 3.92. The molecule has 40 valence electrons. The van der Waals surface area contributed by atoms with Crippen molar-refractivity contribution >= 4 is 11.8 Å². The van der Waals surface area contributed by atoms with Crippen molar-refractivity contribution in [2.45, 2.75) is 6.42 Å². The van der Waals surface area contributed by atoms with Crippen molar-refractivity contribution in [2.75, 3.05) is 0 Å². The van der Waals surface area contributed by atoms with Gasteiger partial charge in [-0.2, -0.15) is 0 Å². The number of hydrogen-bond donors (Lipinski definition) is 0. The maximum atomic E-state index is 10.2. The molecule has 0 saturated heterocycles. The van der Waals surface area contributed by atoms with Crippen molar-refractivity contribution in [2.24, 2.45) is 10.2 Å². The molecule has 4 nitrogen and oxygen atoms in total. The van der Waals surface area contributed by atoms with E-state index in [1.807, 2.05) is 0 Å². The third-order valence-corrected chi connectivity index (χ3v) is 0.719. The highest BCUT2D eigenvalue weighted by molar-refractivity contribution is 5.83. The predicted molar refractivity (Wildman–Crippen MR) is 23.7 cm³/mol. The molecule has 0 radical (unpaired) electrons. The molecule has 1 aliphatic heterocycles. The summed E-state index contributed by atoms with van der Waals surface area (Å²) in [6.45, 7) is 0. The van der Waals surface area contributed by atoms with Crippen LogP contribution in [0.5, 0.6) is 0 Å². The van der Waals surface area contributed by atoms with Crippen LogP contribution in [-0.4, -0.2) is 11.8 Å². The molecule has 0 fully saturated rings. The van der Waals surface area contributed by atoms with Gasteiger partial charge in [-0.05, 0) is 0 Å². The maximum Gasteiger partial charge on any atom is 0.271 e. The summed E-state index contributed by atoms with van der Waals surface area (Å²) in [6, 6.07) is 0. The largest absolute Gasteiger partial charge is 0.271 e. The Kier molecular flexibility index (Phi) is 1.02. The normalized spacial score (nSPS) is 17.0. The SMILES string of the molecule is O=C=C1CC(=O)N=N1. The number of rotatable bonds is 0. The number of carbonyl (C=O) groups excluding carboxylic acids is 2. The van der Waals surface area contributed by atoms with E-state index in [1.54, 1.807) is 0 Å². The molecular formula is C4H2N2O2. The topological polar surface area (TPSA) is 58.9 Å². The third kappa shape index (κ3) is 0.691. The fourth-order valence-corrected chi connectivity index (χ4v) is 0.387. The maximum absolute atomic E-state index is 10.2. The molecule has 1 rings (SSSR count). The lowest BCUT2D eigenvalue weighted by atomic mass is 10.4. The average Bonchev–Trinajstić information content (AvgIpc) is 2.14. The van der Waals surface area contributed by atoms with Gasteiger partial charge in [0.2, 0.25) is 0 Å². The molecule has 0 saturated carbocycles. The molecule has 0 spiro atoms. The summed E-state index contributed by atoms with van der Waals surface area (Å²) in [7, 11) is 0. The molecule has 8 heavy (non-hydrogen) atoms. The van der Waals surface area contributed by atoms with Gasteiger partial charge in [-0.25, -0.2) is 4.79 Å². The summed E-state index contributed by atoms with van der Waals surface area (Å²) in [6.07, 6.45) is 0.0174.